The van der Waals surface area contributed by atoms with Gasteiger partial charge in [0.15, 0.2) is 0 Å². The molecule has 0 spiro atoms. The zero-order chi connectivity index (χ0) is 32.2. The van der Waals surface area contributed by atoms with E-state index in [9.17, 15) is 40.6 Å². The van der Waals surface area contributed by atoms with Crippen molar-refractivity contribution in [3.05, 3.63) is 65.2 Å². The lowest BCUT2D eigenvalue weighted by Gasteiger charge is -2.21. The molecular weight excluding hydrogens is 601 g/mol. The Morgan fingerprint density at radius 2 is 1.48 bits per heavy atom. The van der Waals surface area contributed by atoms with E-state index in [4.69, 9.17) is 0 Å². The first-order valence-corrected chi connectivity index (χ1v) is 17.2. The summed E-state index contributed by atoms with van der Waals surface area (Å²) in [6.45, 7) is 1.33. The van der Waals surface area contributed by atoms with Crippen LogP contribution in [0.5, 0.6) is 5.75 Å². The van der Waals surface area contributed by atoms with Gasteiger partial charge in [-0.25, -0.2) is 8.42 Å². The number of phenolic OH excluding ortho intramolecular Hbond substituents is 1. The molecule has 246 valence electrons. The van der Waals surface area contributed by atoms with Crippen molar-refractivity contribution < 1.29 is 40.6 Å². The summed E-state index contributed by atoms with van der Waals surface area (Å²) in [4.78, 5) is 1.96. The SMILES string of the molecule is O=S(=O)(CCCN(CCO)CCCCCCC1=C(c2ccccc2)CCCc2cc(O)ccc21)CCCC(F)(F)C(F)(F)F. The summed E-state index contributed by atoms with van der Waals surface area (Å²) in [5.41, 5.74) is 6.29. The van der Waals surface area contributed by atoms with Gasteiger partial charge in [-0.1, -0.05) is 49.2 Å². The number of benzene rings is 2. The van der Waals surface area contributed by atoms with Crippen LogP contribution in [0.15, 0.2) is 48.5 Å². The normalized spacial score (nSPS) is 14.6. The third-order valence-electron chi connectivity index (χ3n) is 8.13. The number of aliphatic hydroxyl groups excluding tert-OH is 1. The summed E-state index contributed by atoms with van der Waals surface area (Å²) in [6.07, 6.45) is -0.187. The van der Waals surface area contributed by atoms with Crippen LogP contribution in [-0.2, 0) is 16.3 Å². The highest BCUT2D eigenvalue weighted by Crippen LogP contribution is 2.40. The fourth-order valence-corrected chi connectivity index (χ4v) is 7.18. The molecule has 0 heterocycles. The molecule has 1 aliphatic rings. The molecular formula is C33H44F5NO4S. The fraction of sp³-hybridized carbons (Fsp3) is 0.576. The number of hydrogen-bond donors (Lipinski definition) is 2. The van der Waals surface area contributed by atoms with Crippen molar-refractivity contribution in [3.63, 3.8) is 0 Å². The standard InChI is InChI=1S/C33H44F5NO4S/c34-32(35,33(36,37)38)18-9-23-44(42,43)24-10-20-39(21-22-40)19-7-2-1-6-14-31-29(26-11-4-3-5-12-26)15-8-13-27-25-28(41)16-17-30(27)31/h3-5,11-12,16-17,25,40-41H,1-2,6-10,13-15,18-24H2. The van der Waals surface area contributed by atoms with Crippen molar-refractivity contribution in [2.24, 2.45) is 0 Å². The Labute approximate surface area is 257 Å². The first-order chi connectivity index (χ1) is 20.8. The van der Waals surface area contributed by atoms with Gasteiger partial charge < -0.3 is 15.1 Å². The van der Waals surface area contributed by atoms with E-state index in [1.807, 2.05) is 23.1 Å². The maximum Gasteiger partial charge on any atom is 0.453 e. The number of rotatable bonds is 18. The van der Waals surface area contributed by atoms with E-state index < -0.39 is 40.5 Å². The summed E-state index contributed by atoms with van der Waals surface area (Å²) < 4.78 is 87.4. The van der Waals surface area contributed by atoms with E-state index in [2.05, 4.69) is 24.3 Å². The lowest BCUT2D eigenvalue weighted by atomic mass is 9.89. The van der Waals surface area contributed by atoms with Crippen LogP contribution in [0.4, 0.5) is 22.0 Å². The molecule has 2 N–H and O–H groups in total. The minimum atomic E-state index is -5.69. The summed E-state index contributed by atoms with van der Waals surface area (Å²) in [5, 5.41) is 19.5. The number of alkyl halides is 5. The van der Waals surface area contributed by atoms with Crippen molar-refractivity contribution >= 4 is 21.0 Å². The molecule has 0 atom stereocenters. The maximum absolute atomic E-state index is 13.1. The minimum absolute atomic E-state index is 0.0926. The molecule has 0 amide bonds. The number of nitrogens with zero attached hydrogens (tertiary/aromatic N) is 1. The average Bonchev–Trinajstić information content (AvgIpc) is 3.13. The molecule has 0 aliphatic heterocycles. The van der Waals surface area contributed by atoms with Crippen LogP contribution in [0.25, 0.3) is 11.1 Å². The molecule has 0 aromatic heterocycles. The number of allylic oxidation sites excluding steroid dienone is 2. The highest BCUT2D eigenvalue weighted by atomic mass is 32.2. The summed E-state index contributed by atoms with van der Waals surface area (Å²) >= 11 is 0. The number of halogens is 5. The Bertz CT molecular complexity index is 1310. The lowest BCUT2D eigenvalue weighted by Crippen LogP contribution is -2.36. The van der Waals surface area contributed by atoms with Crippen molar-refractivity contribution in [3.8, 4) is 5.75 Å². The Hall–Kier alpha value is -2.50. The van der Waals surface area contributed by atoms with Gasteiger partial charge in [-0.05, 0) is 104 Å². The van der Waals surface area contributed by atoms with Crippen LogP contribution in [0.2, 0.25) is 0 Å². The Morgan fingerprint density at radius 1 is 0.795 bits per heavy atom. The number of sulfone groups is 1. The van der Waals surface area contributed by atoms with Gasteiger partial charge in [-0.3, -0.25) is 0 Å². The van der Waals surface area contributed by atoms with Gasteiger partial charge in [-0.15, -0.1) is 0 Å². The molecule has 0 radical (unpaired) electrons. The zero-order valence-corrected chi connectivity index (χ0v) is 25.9. The fourth-order valence-electron chi connectivity index (χ4n) is 5.83. The molecule has 0 unspecified atom stereocenters. The van der Waals surface area contributed by atoms with Crippen LogP contribution >= 0.6 is 0 Å². The van der Waals surface area contributed by atoms with E-state index >= 15 is 0 Å². The third kappa shape index (κ3) is 11.1. The van der Waals surface area contributed by atoms with Gasteiger partial charge in [0, 0.05) is 13.0 Å². The van der Waals surface area contributed by atoms with Gasteiger partial charge in [-0.2, -0.15) is 22.0 Å². The van der Waals surface area contributed by atoms with Crippen molar-refractivity contribution in [1.29, 1.82) is 0 Å². The molecule has 2 aromatic carbocycles. The van der Waals surface area contributed by atoms with Gasteiger partial charge in [0.2, 0.25) is 0 Å². The number of hydrogen-bond acceptors (Lipinski definition) is 5. The average molecular weight is 646 g/mol. The van der Waals surface area contributed by atoms with E-state index in [1.165, 1.54) is 27.8 Å². The van der Waals surface area contributed by atoms with Gasteiger partial charge >= 0.3 is 12.1 Å². The van der Waals surface area contributed by atoms with Crippen LogP contribution in [0.3, 0.4) is 0 Å². The smallest absolute Gasteiger partial charge is 0.453 e. The zero-order valence-electron chi connectivity index (χ0n) is 25.1. The molecule has 44 heavy (non-hydrogen) atoms. The van der Waals surface area contributed by atoms with E-state index in [-0.39, 0.29) is 24.5 Å². The monoisotopic (exact) mass is 645 g/mol. The van der Waals surface area contributed by atoms with Gasteiger partial charge in [0.05, 0.1) is 18.1 Å². The van der Waals surface area contributed by atoms with Crippen LogP contribution < -0.4 is 0 Å². The Kier molecular flexibility index (Phi) is 13.7. The summed E-state index contributed by atoms with van der Waals surface area (Å²) in [7, 11) is -3.76. The molecule has 2 aromatic rings. The molecule has 5 nitrogen and oxygen atoms in total. The largest absolute Gasteiger partial charge is 0.508 e. The minimum Gasteiger partial charge on any atom is -0.508 e. The van der Waals surface area contributed by atoms with Crippen LogP contribution in [0.1, 0.15) is 80.9 Å². The summed E-state index contributed by atoms with van der Waals surface area (Å²) in [5.74, 6) is -5.63. The van der Waals surface area contributed by atoms with Crippen LogP contribution in [-0.4, -0.2) is 73.4 Å². The van der Waals surface area contributed by atoms with Gasteiger partial charge in [0.1, 0.15) is 15.6 Å². The number of aliphatic hydroxyl groups is 1. The third-order valence-corrected chi connectivity index (χ3v) is 9.95. The molecule has 1 aliphatic carbocycles. The highest BCUT2D eigenvalue weighted by molar-refractivity contribution is 7.91. The maximum atomic E-state index is 13.1. The quantitative estimate of drug-likeness (QED) is 0.129. The summed E-state index contributed by atoms with van der Waals surface area (Å²) in [6, 6.07) is 16.1. The second kappa shape index (κ2) is 16.7. The van der Waals surface area contributed by atoms with Crippen molar-refractivity contribution in [2.45, 2.75) is 82.7 Å². The number of phenols is 1. The highest BCUT2D eigenvalue weighted by Gasteiger charge is 2.56. The first kappa shape index (κ1) is 36.0. The Balaban J connectivity index is 1.46. The predicted molar refractivity (Wildman–Crippen MR) is 164 cm³/mol. The van der Waals surface area contributed by atoms with Crippen LogP contribution in [0, 0.1) is 0 Å². The topological polar surface area (TPSA) is 77.8 Å². The molecule has 0 saturated heterocycles. The molecule has 0 saturated carbocycles. The lowest BCUT2D eigenvalue weighted by molar-refractivity contribution is -0.284. The second-order valence-corrected chi connectivity index (χ2v) is 13.9. The van der Waals surface area contributed by atoms with E-state index in [0.717, 1.165) is 51.4 Å². The van der Waals surface area contributed by atoms with E-state index in [1.54, 1.807) is 6.07 Å². The number of unbranched alkanes of at least 4 members (excludes halogenated alkanes) is 3. The number of fused-ring (bicyclic) bond motifs is 1. The Morgan fingerprint density at radius 3 is 2.18 bits per heavy atom. The number of aromatic hydroxyl groups is 1. The van der Waals surface area contributed by atoms with Crippen molar-refractivity contribution in [1.82, 2.24) is 4.90 Å². The molecule has 0 fully saturated rings. The van der Waals surface area contributed by atoms with E-state index in [0.29, 0.717) is 19.6 Å². The number of aryl methyl sites for hydroxylation is 1. The molecule has 3 rings (SSSR count). The van der Waals surface area contributed by atoms with Gasteiger partial charge in [0.25, 0.3) is 0 Å². The molecule has 11 heteroatoms. The molecule has 0 bridgehead atoms. The second-order valence-electron chi connectivity index (χ2n) is 11.6. The first-order valence-electron chi connectivity index (χ1n) is 15.4. The predicted octanol–water partition coefficient (Wildman–Crippen LogP) is 7.67. The van der Waals surface area contributed by atoms with Crippen molar-refractivity contribution in [2.75, 3.05) is 37.7 Å².